The molecule has 2 aliphatic rings. The van der Waals surface area contributed by atoms with Crippen LogP contribution in [0.1, 0.15) is 39.7 Å². The minimum absolute atomic E-state index is 0.121. The van der Waals surface area contributed by atoms with Gasteiger partial charge < -0.3 is 4.74 Å². The van der Waals surface area contributed by atoms with Crippen molar-refractivity contribution in [3.63, 3.8) is 0 Å². The summed E-state index contributed by atoms with van der Waals surface area (Å²) in [6.07, 6.45) is 4.76. The first-order chi connectivity index (χ1) is 22.2. The number of aromatic nitrogens is 4. The number of nitriles is 1. The van der Waals surface area contributed by atoms with Crippen molar-refractivity contribution in [2.24, 2.45) is 0 Å². The molecule has 0 spiro atoms. The predicted octanol–water partition coefficient (Wildman–Crippen LogP) is 3.80. The van der Waals surface area contributed by atoms with E-state index in [-0.39, 0.29) is 23.6 Å². The van der Waals surface area contributed by atoms with Gasteiger partial charge in [0, 0.05) is 0 Å². The number of hydrogen-bond donors (Lipinski definition) is 0. The predicted molar refractivity (Wildman–Crippen MR) is 175 cm³/mol. The summed E-state index contributed by atoms with van der Waals surface area (Å²) < 4.78 is 29.4. The second kappa shape index (κ2) is 13.3. The van der Waals surface area contributed by atoms with Gasteiger partial charge in [-0.15, -0.1) is 0 Å². The fourth-order valence-corrected chi connectivity index (χ4v) is 7.14. The molecule has 1 unspecified atom stereocenters. The molecule has 0 aliphatic carbocycles. The Bertz CT molecular complexity index is 1820. The van der Waals surface area contributed by atoms with Gasteiger partial charge in [0.05, 0.1) is 19.3 Å². The number of para-hydroxylation sites is 1. The Morgan fingerprint density at radius 3 is 2.67 bits per heavy atom. The van der Waals surface area contributed by atoms with E-state index >= 15 is 4.39 Å². The zero-order valence-electron chi connectivity index (χ0n) is 26.2. The first-order valence-electron chi connectivity index (χ1n) is 15.5. The topological polar surface area (TPSA) is 109 Å². The molecule has 6 rings (SSSR count). The van der Waals surface area contributed by atoms with Gasteiger partial charge in [-0.3, -0.25) is 0 Å². The van der Waals surface area contributed by atoms with Crippen molar-refractivity contribution in [3.8, 4) is 28.8 Å². The van der Waals surface area contributed by atoms with Crippen molar-refractivity contribution in [3.05, 3.63) is 72.3 Å². The molecular weight excluding hydrogens is 648 g/mol. The first-order valence-corrected chi connectivity index (χ1v) is 16.7. The molecule has 12 heteroatoms. The van der Waals surface area contributed by atoms with E-state index in [0.717, 1.165) is 23.9 Å². The van der Waals surface area contributed by atoms with Crippen molar-refractivity contribution in [2.75, 3.05) is 32.8 Å². The van der Waals surface area contributed by atoms with Gasteiger partial charge in [-0.05, 0) is 6.54 Å². The summed E-state index contributed by atoms with van der Waals surface area (Å²) in [7, 11) is 0. The number of carbonyl (C=O) groups is 1. The zero-order valence-corrected chi connectivity index (χ0v) is 28.6. The van der Waals surface area contributed by atoms with Crippen molar-refractivity contribution in [2.45, 2.75) is 51.2 Å². The molecule has 2 fully saturated rings. The number of piperidine rings is 1. The maximum absolute atomic E-state index is 15.7. The normalized spacial score (nSPS) is 17.6. The quantitative estimate of drug-likeness (QED) is 0.149. The van der Waals surface area contributed by atoms with Crippen LogP contribution in [0.2, 0.25) is 0 Å². The second-order valence-corrected chi connectivity index (χ2v) is 13.3. The number of rotatable bonds is 9. The Labute approximate surface area is 276 Å². The Balaban J connectivity index is 1.28. The molecule has 1 amide bonds. The molecule has 46 heavy (non-hydrogen) atoms. The molecule has 2 aliphatic heterocycles. The number of hydrogen-bond acceptors (Lipinski definition) is 8. The Kier molecular flexibility index (Phi) is 9.23. The van der Waals surface area contributed by atoms with Gasteiger partial charge in [-0.2, -0.15) is 0 Å². The third-order valence-electron chi connectivity index (χ3n) is 8.71. The molecule has 4 heterocycles. The third kappa shape index (κ3) is 6.30. The van der Waals surface area contributed by atoms with Crippen LogP contribution in [0.3, 0.4) is 0 Å². The average molecular weight is 686 g/mol. The molecule has 0 saturated carbocycles. The van der Waals surface area contributed by atoms with Gasteiger partial charge in [-0.25, -0.2) is 0 Å². The number of halogens is 1. The van der Waals surface area contributed by atoms with E-state index in [9.17, 15) is 10.1 Å². The molecule has 0 N–H and O–H groups in total. The number of fused-ring (bicyclic) bond motifs is 1. The number of likely N-dealkylation sites (N-methyl/N-ethyl adjacent to an activating group) is 1. The monoisotopic (exact) mass is 685 g/mol. The van der Waals surface area contributed by atoms with E-state index in [0.29, 0.717) is 60.1 Å². The fourth-order valence-electron chi connectivity index (χ4n) is 6.44. The zero-order chi connectivity index (χ0) is 32.4. The molecule has 0 bridgehead atoms. The van der Waals surface area contributed by atoms with Crippen molar-refractivity contribution in [1.29, 1.82) is 5.26 Å². The van der Waals surface area contributed by atoms with Crippen LogP contribution in [0.25, 0.3) is 22.3 Å². The van der Waals surface area contributed by atoms with Crippen LogP contribution in [-0.4, -0.2) is 96.7 Å². The van der Waals surface area contributed by atoms with Crippen LogP contribution in [0.4, 0.5) is 4.39 Å². The average Bonchev–Trinajstić information content (AvgIpc) is 3.42. The summed E-state index contributed by atoms with van der Waals surface area (Å²) in [6, 6.07) is 16.2. The maximum atomic E-state index is 15.7. The van der Waals surface area contributed by atoms with Gasteiger partial charge in [0.25, 0.3) is 0 Å². The number of likely N-dealkylation sites (tertiary alicyclic amines) is 1. The van der Waals surface area contributed by atoms with Gasteiger partial charge >= 0.3 is 240 Å². The number of benzene rings is 2. The summed E-state index contributed by atoms with van der Waals surface area (Å²) in [4.78, 5) is 26.7. The molecule has 2 aromatic carbocycles. The van der Waals surface area contributed by atoms with E-state index in [1.807, 2.05) is 44.2 Å². The molecule has 4 aromatic rings. The third-order valence-corrected chi connectivity index (χ3v) is 9.63. The number of ether oxygens (including phenoxy) is 2. The van der Waals surface area contributed by atoms with Gasteiger partial charge in [0.1, 0.15) is 0 Å². The van der Waals surface area contributed by atoms with E-state index < -0.39 is 11.4 Å². The van der Waals surface area contributed by atoms with Crippen LogP contribution in [-0.2, 0) is 9.53 Å². The summed E-state index contributed by atoms with van der Waals surface area (Å²) in [5.74, 6) is 0.216. The van der Waals surface area contributed by atoms with Gasteiger partial charge in [0.2, 0.25) is 0 Å². The van der Waals surface area contributed by atoms with Crippen molar-refractivity contribution in [1.82, 2.24) is 29.5 Å². The molecule has 2 atom stereocenters. The molecule has 2 aromatic heterocycles. The van der Waals surface area contributed by atoms with E-state index in [1.54, 1.807) is 27.8 Å². The Hall–Kier alpha value is -4.10. The van der Waals surface area contributed by atoms with E-state index in [2.05, 4.69) is 27.9 Å². The second-order valence-electron chi connectivity index (χ2n) is 12.2. The van der Waals surface area contributed by atoms with Crippen LogP contribution in [0.5, 0.6) is 11.5 Å². The molecule has 2 saturated heterocycles. The minimum atomic E-state index is -0.506. The van der Waals surface area contributed by atoms with Crippen LogP contribution in [0, 0.1) is 17.1 Å². The Morgan fingerprint density at radius 2 is 2.00 bits per heavy atom. The van der Waals surface area contributed by atoms with Crippen molar-refractivity contribution < 1.29 is 18.7 Å². The molecule has 0 radical (unpaired) electrons. The number of nitrogens with zero attached hydrogens (tertiary/aromatic N) is 7. The molecular formula is C34H37AsFN7O3. The van der Waals surface area contributed by atoms with E-state index in [4.69, 9.17) is 14.6 Å². The SMILES string of the molecule is CCN(C1COC1)C(C)(C)C=C(C#N)C(=O)N1CCC[C@@H](n2nc(-c3ccc(Oc4ccccc4)cc3F)c3c([AsH2])ncnc32)C1. The number of amides is 1. The van der Waals surface area contributed by atoms with Gasteiger partial charge in [0.15, 0.2) is 0 Å². The van der Waals surface area contributed by atoms with Crippen LogP contribution in [0.15, 0.2) is 66.5 Å². The summed E-state index contributed by atoms with van der Waals surface area (Å²) in [5.41, 5.74) is 0.966. The fraction of sp³-hybridized carbons (Fsp3) is 0.382. The number of carbonyl (C=O) groups excluding carboxylic acids is 1. The van der Waals surface area contributed by atoms with E-state index in [1.165, 1.54) is 29.2 Å². The standard InChI is InChI=1S/C34H37AsFN7O3/c1-4-42(24-19-45-20-24)34(2,3)16-22(17-37)33(44)41-14-8-9-23(18-41)43-32-29(31(35)38-21-39-32)30(40-43)27-13-12-26(15-28(27)36)46-25-10-6-5-7-11-25/h5-7,10-13,15-16,21,23-24H,4,8-9,14,18-20,35H2,1-3H3/t23-/m1/s1. The molecule has 238 valence electrons. The van der Waals surface area contributed by atoms with Crippen LogP contribution < -0.4 is 9.22 Å². The first kappa shape index (κ1) is 31.9. The van der Waals surface area contributed by atoms with Gasteiger partial charge in [-0.1, -0.05) is 6.92 Å². The van der Waals surface area contributed by atoms with Crippen molar-refractivity contribution >= 4 is 38.3 Å². The molecule has 10 nitrogen and oxygen atoms in total. The van der Waals surface area contributed by atoms with Crippen LogP contribution >= 0.6 is 0 Å². The summed E-state index contributed by atoms with van der Waals surface area (Å²) in [5, 5.41) is 15.7. The summed E-state index contributed by atoms with van der Waals surface area (Å²) >= 11 is 1.29. The summed E-state index contributed by atoms with van der Waals surface area (Å²) in [6.45, 7) is 9.08. The Morgan fingerprint density at radius 1 is 1.22 bits per heavy atom.